The lowest BCUT2D eigenvalue weighted by molar-refractivity contribution is -0.133. The molecule has 4 heterocycles. The first-order valence-corrected chi connectivity index (χ1v) is 10.9. The molecule has 34 heavy (non-hydrogen) atoms. The molecule has 1 fully saturated rings. The lowest BCUT2D eigenvalue weighted by Gasteiger charge is -2.32. The summed E-state index contributed by atoms with van der Waals surface area (Å²) in [6.45, 7) is 3.11. The van der Waals surface area contributed by atoms with Crippen molar-refractivity contribution in [2.75, 3.05) is 26.7 Å². The molecule has 0 spiro atoms. The number of piperazine rings is 1. The van der Waals surface area contributed by atoms with Gasteiger partial charge in [-0.15, -0.1) is 0 Å². The van der Waals surface area contributed by atoms with E-state index in [1.807, 2.05) is 43.3 Å². The lowest BCUT2D eigenvalue weighted by atomic mass is 10.1. The van der Waals surface area contributed by atoms with Gasteiger partial charge >= 0.3 is 0 Å². The van der Waals surface area contributed by atoms with Crippen LogP contribution >= 0.6 is 0 Å². The molecule has 5 rings (SSSR count). The Hall–Kier alpha value is -4.51. The van der Waals surface area contributed by atoms with Crippen LogP contribution in [0, 0.1) is 18.8 Å². The number of amides is 2. The van der Waals surface area contributed by atoms with Crippen LogP contribution in [0.25, 0.3) is 16.9 Å². The number of carbonyl (C=O) groups is 2. The number of carbonyl (C=O) groups excluding carboxylic acids is 2. The van der Waals surface area contributed by atoms with Gasteiger partial charge in [0.2, 0.25) is 5.91 Å². The zero-order chi connectivity index (χ0) is 23.7. The number of fused-ring (bicyclic) bond motifs is 1. The number of hydrogen-bond donors (Lipinski definition) is 0. The van der Waals surface area contributed by atoms with E-state index in [0.717, 1.165) is 22.5 Å². The van der Waals surface area contributed by atoms with E-state index in [1.54, 1.807) is 45.9 Å². The van der Waals surface area contributed by atoms with Crippen LogP contribution in [0.5, 0.6) is 0 Å². The van der Waals surface area contributed by atoms with E-state index in [0.29, 0.717) is 30.0 Å². The molecule has 1 aliphatic rings. The predicted octanol–water partition coefficient (Wildman–Crippen LogP) is 2.41. The number of rotatable bonds is 2. The van der Waals surface area contributed by atoms with Crippen LogP contribution in [-0.4, -0.2) is 67.9 Å². The van der Waals surface area contributed by atoms with Crippen LogP contribution < -0.4 is 0 Å². The molecule has 1 saturated heterocycles. The molecule has 0 unspecified atom stereocenters. The Balaban J connectivity index is 1.39. The highest BCUT2D eigenvalue weighted by atomic mass is 16.2. The molecule has 1 aliphatic heterocycles. The normalized spacial score (nSPS) is 13.6. The van der Waals surface area contributed by atoms with Gasteiger partial charge in [0.05, 0.1) is 11.9 Å². The Labute approximate surface area is 196 Å². The van der Waals surface area contributed by atoms with Crippen LogP contribution in [0.1, 0.15) is 27.3 Å². The first-order valence-electron chi connectivity index (χ1n) is 10.9. The molecule has 0 saturated carbocycles. The zero-order valence-electron chi connectivity index (χ0n) is 18.9. The van der Waals surface area contributed by atoms with Gasteiger partial charge in [0.1, 0.15) is 12.2 Å². The minimum atomic E-state index is -0.144. The number of pyridine rings is 1. The van der Waals surface area contributed by atoms with Crippen LogP contribution in [-0.2, 0) is 4.79 Å². The van der Waals surface area contributed by atoms with Gasteiger partial charge < -0.3 is 9.80 Å². The van der Waals surface area contributed by atoms with Crippen molar-refractivity contribution < 1.29 is 9.59 Å². The van der Waals surface area contributed by atoms with Crippen molar-refractivity contribution in [3.8, 4) is 23.1 Å². The number of likely N-dealkylation sites (N-methyl/N-ethyl adjacent to an activating group) is 1. The van der Waals surface area contributed by atoms with E-state index in [9.17, 15) is 9.59 Å². The minimum absolute atomic E-state index is 0.0491. The molecule has 3 aromatic heterocycles. The molecule has 0 atom stereocenters. The fraction of sp³-hybridized carbons (Fsp3) is 0.192. The average Bonchev–Trinajstić information content (AvgIpc) is 3.26. The summed E-state index contributed by atoms with van der Waals surface area (Å²) in [7, 11) is 1.75. The summed E-state index contributed by atoms with van der Waals surface area (Å²) in [5.74, 6) is 6.08. The zero-order valence-corrected chi connectivity index (χ0v) is 18.9. The fourth-order valence-electron chi connectivity index (χ4n) is 3.77. The van der Waals surface area contributed by atoms with E-state index in [2.05, 4.69) is 21.8 Å². The maximum atomic E-state index is 12.8. The summed E-state index contributed by atoms with van der Waals surface area (Å²) in [6, 6.07) is 14.8. The Bertz CT molecular complexity index is 1460. The lowest BCUT2D eigenvalue weighted by Crippen LogP contribution is -2.50. The fourth-order valence-corrected chi connectivity index (χ4v) is 3.77. The maximum Gasteiger partial charge on any atom is 0.254 e. The van der Waals surface area contributed by atoms with Crippen molar-refractivity contribution in [3.05, 3.63) is 83.4 Å². The summed E-state index contributed by atoms with van der Waals surface area (Å²) in [6.07, 6.45) is 3.44. The first-order chi connectivity index (χ1) is 16.5. The van der Waals surface area contributed by atoms with Gasteiger partial charge in [-0.1, -0.05) is 18.1 Å². The van der Waals surface area contributed by atoms with E-state index in [4.69, 9.17) is 5.10 Å². The molecular weight excluding hydrogens is 428 g/mol. The number of imidazole rings is 1. The van der Waals surface area contributed by atoms with E-state index < -0.39 is 0 Å². The van der Waals surface area contributed by atoms with Crippen molar-refractivity contribution in [3.63, 3.8) is 0 Å². The van der Waals surface area contributed by atoms with E-state index >= 15 is 0 Å². The first kappa shape index (κ1) is 21.3. The van der Waals surface area contributed by atoms with Crippen molar-refractivity contribution >= 4 is 17.5 Å². The van der Waals surface area contributed by atoms with Crippen molar-refractivity contribution in [2.45, 2.75) is 6.92 Å². The summed E-state index contributed by atoms with van der Waals surface area (Å²) in [5, 5.41) is 4.71. The summed E-state index contributed by atoms with van der Waals surface area (Å²) in [4.78, 5) is 36.5. The van der Waals surface area contributed by atoms with Crippen LogP contribution in [0.3, 0.4) is 0 Å². The molecular formula is C26H22N6O2. The summed E-state index contributed by atoms with van der Waals surface area (Å²) >= 11 is 0. The Kier molecular flexibility index (Phi) is 5.52. The van der Waals surface area contributed by atoms with Crippen molar-refractivity contribution in [1.82, 2.24) is 29.4 Å². The third-order valence-corrected chi connectivity index (χ3v) is 5.77. The molecule has 4 aromatic rings. The van der Waals surface area contributed by atoms with Crippen LogP contribution in [0.15, 0.2) is 60.9 Å². The van der Waals surface area contributed by atoms with Gasteiger partial charge in [-0.25, -0.2) is 9.50 Å². The largest absolute Gasteiger partial charge is 0.342 e. The topological polar surface area (TPSA) is 83.7 Å². The predicted molar refractivity (Wildman–Crippen MR) is 127 cm³/mol. The molecule has 0 aliphatic carbocycles. The van der Waals surface area contributed by atoms with Gasteiger partial charge in [-0.3, -0.25) is 14.6 Å². The molecule has 8 nitrogen and oxygen atoms in total. The Morgan fingerprint density at radius 1 is 1.00 bits per heavy atom. The number of hydrogen-bond acceptors (Lipinski definition) is 5. The van der Waals surface area contributed by atoms with Gasteiger partial charge in [0.25, 0.3) is 5.91 Å². The Morgan fingerprint density at radius 2 is 1.82 bits per heavy atom. The third kappa shape index (κ3) is 4.24. The Morgan fingerprint density at radius 3 is 2.59 bits per heavy atom. The molecule has 0 radical (unpaired) electrons. The molecule has 168 valence electrons. The molecule has 2 amide bonds. The van der Waals surface area contributed by atoms with Gasteiger partial charge in [-0.05, 0) is 49.2 Å². The average molecular weight is 451 g/mol. The molecule has 0 bridgehead atoms. The molecule has 8 heteroatoms. The van der Waals surface area contributed by atoms with Crippen molar-refractivity contribution in [1.29, 1.82) is 0 Å². The van der Waals surface area contributed by atoms with E-state index in [1.165, 1.54) is 0 Å². The molecule has 1 aromatic carbocycles. The minimum Gasteiger partial charge on any atom is -0.342 e. The molecule has 0 N–H and O–H groups in total. The van der Waals surface area contributed by atoms with E-state index in [-0.39, 0.29) is 18.4 Å². The third-order valence-electron chi connectivity index (χ3n) is 5.77. The maximum absolute atomic E-state index is 12.8. The highest BCUT2D eigenvalue weighted by molar-refractivity contribution is 5.97. The monoisotopic (exact) mass is 450 g/mol. The van der Waals surface area contributed by atoms with Gasteiger partial charge in [0, 0.05) is 48.7 Å². The second-order valence-corrected chi connectivity index (χ2v) is 8.19. The standard InChI is InChI=1S/C26H22N6O2/c1-18-15-19(11-12-27-18)3-8-22-16-28-24-10-9-23(29-32(22)24)20-4-6-21(7-5-20)26(34)31-14-13-30(2)25(33)17-31/h4-7,9-12,15-16H,13-14,17H2,1-2H3. The summed E-state index contributed by atoms with van der Waals surface area (Å²) in [5.41, 5.74) is 5.31. The number of aryl methyl sites for hydroxylation is 1. The highest BCUT2D eigenvalue weighted by Crippen LogP contribution is 2.20. The number of nitrogens with zero attached hydrogens (tertiary/aromatic N) is 6. The SMILES string of the molecule is Cc1cc(C#Cc2cnc3ccc(-c4ccc(C(=O)N5CCN(C)C(=O)C5)cc4)nn23)ccn1. The van der Waals surface area contributed by atoms with Gasteiger partial charge in [-0.2, -0.15) is 5.10 Å². The van der Waals surface area contributed by atoms with Crippen LogP contribution in [0.2, 0.25) is 0 Å². The van der Waals surface area contributed by atoms with Crippen LogP contribution in [0.4, 0.5) is 0 Å². The summed E-state index contributed by atoms with van der Waals surface area (Å²) < 4.78 is 1.71. The second kappa shape index (κ2) is 8.79. The van der Waals surface area contributed by atoms with Crippen molar-refractivity contribution in [2.24, 2.45) is 0 Å². The number of aromatic nitrogens is 4. The second-order valence-electron chi connectivity index (χ2n) is 8.19. The number of benzene rings is 1. The van der Waals surface area contributed by atoms with Gasteiger partial charge in [0.15, 0.2) is 5.65 Å². The smallest absolute Gasteiger partial charge is 0.254 e. The highest BCUT2D eigenvalue weighted by Gasteiger charge is 2.25. The quantitative estimate of drug-likeness (QED) is 0.438.